The Bertz CT molecular complexity index is 403. The van der Waals surface area contributed by atoms with Crippen molar-refractivity contribution in [1.29, 1.82) is 0 Å². The lowest BCUT2D eigenvalue weighted by atomic mass is 10.0. The fraction of sp³-hybridized carbons (Fsp3) is 0.0769. The summed E-state index contributed by atoms with van der Waals surface area (Å²) in [5, 5.41) is 2.65. The van der Waals surface area contributed by atoms with Crippen molar-refractivity contribution in [3.63, 3.8) is 0 Å². The molecule has 0 saturated heterocycles. The molecule has 1 aromatic heterocycles. The van der Waals surface area contributed by atoms with Crippen molar-refractivity contribution < 1.29 is 4.79 Å². The summed E-state index contributed by atoms with van der Waals surface area (Å²) < 4.78 is 0. The van der Waals surface area contributed by atoms with Crippen molar-refractivity contribution in [1.82, 2.24) is 10.3 Å². The summed E-state index contributed by atoms with van der Waals surface area (Å²) in [5.74, 6) is 0. The monoisotopic (exact) mass is 211 g/mol. The number of carbonyl (C=O) groups excluding carboxylic acids is 1. The minimum atomic E-state index is -0.236. The van der Waals surface area contributed by atoms with Gasteiger partial charge in [0.15, 0.2) is 0 Å². The number of pyridine rings is 1. The number of nitrogens with zero attached hydrogens (tertiary/aromatic N) is 1. The van der Waals surface area contributed by atoms with Gasteiger partial charge < -0.3 is 5.32 Å². The number of rotatable bonds is 4. The maximum atomic E-state index is 10.5. The van der Waals surface area contributed by atoms with Crippen LogP contribution in [0.1, 0.15) is 17.3 Å². The van der Waals surface area contributed by atoms with E-state index in [-0.39, 0.29) is 6.04 Å². The van der Waals surface area contributed by atoms with Crippen LogP contribution in [-0.4, -0.2) is 11.4 Å². The number of nitrogens with one attached hydrogen (secondary N) is 1. The molecular formula is C13H11N2O. The molecule has 16 heavy (non-hydrogen) atoms. The number of amides is 1. The zero-order valence-electron chi connectivity index (χ0n) is 8.63. The van der Waals surface area contributed by atoms with Crippen LogP contribution in [-0.2, 0) is 4.79 Å². The Labute approximate surface area is 94.1 Å². The summed E-state index contributed by atoms with van der Waals surface area (Å²) in [7, 11) is 0. The summed E-state index contributed by atoms with van der Waals surface area (Å²) in [6, 6.07) is 15.1. The third kappa shape index (κ3) is 2.25. The molecule has 79 valence electrons. The fourth-order valence-corrected chi connectivity index (χ4v) is 1.58. The average Bonchev–Trinajstić information content (AvgIpc) is 2.38. The predicted octanol–water partition coefficient (Wildman–Crippen LogP) is 1.83. The zero-order valence-corrected chi connectivity index (χ0v) is 8.63. The normalized spacial score (nSPS) is 11.8. The van der Waals surface area contributed by atoms with Crippen molar-refractivity contribution >= 4 is 6.41 Å². The van der Waals surface area contributed by atoms with E-state index in [9.17, 15) is 4.79 Å². The van der Waals surface area contributed by atoms with E-state index >= 15 is 0 Å². The molecule has 0 saturated carbocycles. The van der Waals surface area contributed by atoms with E-state index in [1.165, 1.54) is 0 Å². The van der Waals surface area contributed by atoms with E-state index in [2.05, 4.69) is 10.3 Å². The maximum Gasteiger partial charge on any atom is 0.310 e. The summed E-state index contributed by atoms with van der Waals surface area (Å²) in [4.78, 5) is 14.7. The van der Waals surface area contributed by atoms with Gasteiger partial charge in [0.1, 0.15) is 0 Å². The minimum Gasteiger partial charge on any atom is -0.335 e. The van der Waals surface area contributed by atoms with Gasteiger partial charge in [-0.2, -0.15) is 0 Å². The van der Waals surface area contributed by atoms with Crippen LogP contribution < -0.4 is 5.32 Å². The van der Waals surface area contributed by atoms with Crippen LogP contribution in [0.15, 0.2) is 54.7 Å². The molecule has 1 atom stereocenters. The van der Waals surface area contributed by atoms with E-state index in [1.54, 1.807) is 12.6 Å². The van der Waals surface area contributed by atoms with E-state index < -0.39 is 0 Å². The van der Waals surface area contributed by atoms with E-state index in [4.69, 9.17) is 0 Å². The van der Waals surface area contributed by atoms with Gasteiger partial charge in [-0.15, -0.1) is 0 Å². The van der Waals surface area contributed by atoms with E-state index in [1.807, 2.05) is 48.5 Å². The van der Waals surface area contributed by atoms with Crippen LogP contribution >= 0.6 is 0 Å². The van der Waals surface area contributed by atoms with Gasteiger partial charge >= 0.3 is 6.41 Å². The second kappa shape index (κ2) is 5.07. The lowest BCUT2D eigenvalue weighted by molar-refractivity contribution is 0.532. The van der Waals surface area contributed by atoms with Gasteiger partial charge in [0.25, 0.3) is 0 Å². The van der Waals surface area contributed by atoms with Gasteiger partial charge in [-0.05, 0) is 17.7 Å². The highest BCUT2D eigenvalue weighted by Gasteiger charge is 2.13. The maximum absolute atomic E-state index is 10.5. The summed E-state index contributed by atoms with van der Waals surface area (Å²) >= 11 is 0. The molecule has 1 aromatic carbocycles. The topological polar surface area (TPSA) is 42.0 Å². The van der Waals surface area contributed by atoms with Gasteiger partial charge in [0, 0.05) is 6.20 Å². The highest BCUT2D eigenvalue weighted by Crippen LogP contribution is 2.18. The molecule has 1 unspecified atom stereocenters. The molecule has 0 spiro atoms. The summed E-state index contributed by atoms with van der Waals surface area (Å²) in [6.45, 7) is 0. The molecule has 2 rings (SSSR count). The average molecular weight is 211 g/mol. The molecule has 1 amide bonds. The van der Waals surface area contributed by atoms with Crippen molar-refractivity contribution in [3.05, 3.63) is 66.0 Å². The third-order valence-electron chi connectivity index (χ3n) is 2.32. The SMILES string of the molecule is O=[C]NC(c1ccccc1)c1ccccn1. The van der Waals surface area contributed by atoms with Crippen molar-refractivity contribution in [2.24, 2.45) is 0 Å². The Kier molecular flexibility index (Phi) is 3.28. The number of hydrogen-bond acceptors (Lipinski definition) is 2. The zero-order chi connectivity index (χ0) is 11.2. The molecular weight excluding hydrogens is 200 g/mol. The molecule has 0 aliphatic carbocycles. The first-order valence-corrected chi connectivity index (χ1v) is 5.00. The first-order chi connectivity index (χ1) is 7.92. The lowest BCUT2D eigenvalue weighted by Gasteiger charge is -2.14. The molecule has 0 fully saturated rings. The van der Waals surface area contributed by atoms with Crippen molar-refractivity contribution in [2.45, 2.75) is 6.04 Å². The second-order valence-electron chi connectivity index (χ2n) is 3.34. The van der Waals surface area contributed by atoms with Gasteiger partial charge in [0.2, 0.25) is 0 Å². The molecule has 1 radical (unpaired) electrons. The first kappa shape index (κ1) is 10.4. The summed E-state index contributed by atoms with van der Waals surface area (Å²) in [5.41, 5.74) is 1.79. The molecule has 3 nitrogen and oxygen atoms in total. The van der Waals surface area contributed by atoms with Crippen LogP contribution in [0.4, 0.5) is 0 Å². The fourth-order valence-electron chi connectivity index (χ4n) is 1.58. The standard InChI is InChI=1S/C13H11N2O/c16-10-15-13(11-6-2-1-3-7-11)12-8-4-5-9-14-12/h1-9,13H,(H,15,16). The molecule has 0 bridgehead atoms. The highest BCUT2D eigenvalue weighted by atomic mass is 16.1. The molecule has 1 heterocycles. The van der Waals surface area contributed by atoms with Gasteiger partial charge in [-0.25, -0.2) is 0 Å². The largest absolute Gasteiger partial charge is 0.335 e. The molecule has 0 aliphatic rings. The Balaban J connectivity index is 2.35. The van der Waals surface area contributed by atoms with Crippen LogP contribution in [0.2, 0.25) is 0 Å². The molecule has 0 aliphatic heterocycles. The number of benzene rings is 1. The summed E-state index contributed by atoms with van der Waals surface area (Å²) in [6.07, 6.45) is 3.43. The Morgan fingerprint density at radius 3 is 2.44 bits per heavy atom. The van der Waals surface area contributed by atoms with Crippen molar-refractivity contribution in [3.8, 4) is 0 Å². The van der Waals surface area contributed by atoms with Crippen LogP contribution in [0.3, 0.4) is 0 Å². The molecule has 3 heteroatoms. The minimum absolute atomic E-state index is 0.236. The van der Waals surface area contributed by atoms with Gasteiger partial charge in [-0.1, -0.05) is 36.4 Å². The van der Waals surface area contributed by atoms with Crippen molar-refractivity contribution in [2.75, 3.05) is 0 Å². The second-order valence-corrected chi connectivity index (χ2v) is 3.34. The van der Waals surface area contributed by atoms with E-state index in [0.29, 0.717) is 0 Å². The number of aromatic nitrogens is 1. The van der Waals surface area contributed by atoms with Crippen LogP contribution in [0.25, 0.3) is 0 Å². The third-order valence-corrected chi connectivity index (χ3v) is 2.32. The predicted molar refractivity (Wildman–Crippen MR) is 61.4 cm³/mol. The Hall–Kier alpha value is -2.16. The molecule has 1 N–H and O–H groups in total. The first-order valence-electron chi connectivity index (χ1n) is 5.00. The lowest BCUT2D eigenvalue weighted by Crippen LogP contribution is -2.21. The molecule has 2 aromatic rings. The quantitative estimate of drug-likeness (QED) is 0.784. The van der Waals surface area contributed by atoms with Crippen LogP contribution in [0.5, 0.6) is 0 Å². The number of hydrogen-bond donors (Lipinski definition) is 1. The Morgan fingerprint density at radius 2 is 1.81 bits per heavy atom. The smallest absolute Gasteiger partial charge is 0.310 e. The van der Waals surface area contributed by atoms with Gasteiger partial charge in [0.05, 0.1) is 11.7 Å². The highest BCUT2D eigenvalue weighted by molar-refractivity contribution is 5.50. The Morgan fingerprint density at radius 1 is 1.06 bits per heavy atom. The van der Waals surface area contributed by atoms with E-state index in [0.717, 1.165) is 11.3 Å². The van der Waals surface area contributed by atoms with Crippen LogP contribution in [0, 0.1) is 0 Å². The van der Waals surface area contributed by atoms with Gasteiger partial charge in [-0.3, -0.25) is 9.78 Å².